The third kappa shape index (κ3) is 11.3. The molecule has 16 heavy (non-hydrogen) atoms. The molecule has 0 amide bonds. The van der Waals surface area contributed by atoms with Crippen LogP contribution >= 0.6 is 0 Å². The Labute approximate surface area is 100 Å². The molecule has 0 fully saturated rings. The van der Waals surface area contributed by atoms with Crippen molar-refractivity contribution in [2.75, 3.05) is 6.61 Å². The molecule has 0 heterocycles. The lowest BCUT2D eigenvalue weighted by Crippen LogP contribution is -2.04. The molecule has 0 N–H and O–H groups in total. The summed E-state index contributed by atoms with van der Waals surface area (Å²) < 4.78 is 5.05. The first-order valence-corrected chi connectivity index (χ1v) is 6.61. The third-order valence-electron chi connectivity index (χ3n) is 2.37. The number of allylic oxidation sites excluding steroid dienone is 2. The van der Waals surface area contributed by atoms with E-state index < -0.39 is 0 Å². The summed E-state index contributed by atoms with van der Waals surface area (Å²) in [6.45, 7) is 4.77. The van der Waals surface area contributed by atoms with Crippen molar-refractivity contribution in [2.24, 2.45) is 0 Å². The molecule has 0 aliphatic carbocycles. The van der Waals surface area contributed by atoms with Gasteiger partial charge in [-0.3, -0.25) is 4.79 Å². The molecule has 0 bridgehead atoms. The number of carbonyl (C=O) groups excluding carboxylic acids is 1. The third-order valence-corrected chi connectivity index (χ3v) is 2.37. The van der Waals surface area contributed by atoms with Crippen molar-refractivity contribution in [3.05, 3.63) is 12.2 Å². The Bertz CT molecular complexity index is 185. The number of hydrogen-bond donors (Lipinski definition) is 0. The number of unbranched alkanes of at least 4 members (excludes halogenated alkanes) is 4. The lowest BCUT2D eigenvalue weighted by molar-refractivity contribution is -0.143. The first-order valence-electron chi connectivity index (χ1n) is 6.61. The van der Waals surface area contributed by atoms with Crippen LogP contribution in [0.1, 0.15) is 65.2 Å². The molecule has 2 nitrogen and oxygen atoms in total. The van der Waals surface area contributed by atoms with E-state index in [4.69, 9.17) is 4.74 Å². The van der Waals surface area contributed by atoms with E-state index >= 15 is 0 Å². The summed E-state index contributed by atoms with van der Waals surface area (Å²) in [6, 6.07) is 0. The second-order valence-electron chi connectivity index (χ2n) is 4.08. The smallest absolute Gasteiger partial charge is 0.305 e. The van der Waals surface area contributed by atoms with Crippen molar-refractivity contribution in [3.8, 4) is 0 Å². The van der Waals surface area contributed by atoms with Gasteiger partial charge in [-0.25, -0.2) is 0 Å². The van der Waals surface area contributed by atoms with Crippen LogP contribution in [0.3, 0.4) is 0 Å². The summed E-state index contributed by atoms with van der Waals surface area (Å²) in [4.78, 5) is 11.0. The van der Waals surface area contributed by atoms with Crippen LogP contribution in [0.5, 0.6) is 0 Å². The zero-order chi connectivity index (χ0) is 12.1. The van der Waals surface area contributed by atoms with Gasteiger partial charge in [-0.1, -0.05) is 38.8 Å². The Balaban J connectivity index is 3.17. The maximum Gasteiger partial charge on any atom is 0.305 e. The first-order chi connectivity index (χ1) is 7.81. The largest absolute Gasteiger partial charge is 0.466 e. The molecule has 0 spiro atoms. The summed E-state index contributed by atoms with van der Waals surface area (Å²) in [5, 5.41) is 0. The molecular weight excluding hydrogens is 200 g/mol. The van der Waals surface area contributed by atoms with Gasteiger partial charge >= 0.3 is 5.97 Å². The highest BCUT2D eigenvalue weighted by Gasteiger charge is 1.98. The normalized spacial score (nSPS) is 10.9. The first kappa shape index (κ1) is 15.2. The van der Waals surface area contributed by atoms with Crippen molar-refractivity contribution in [3.63, 3.8) is 0 Å². The fraction of sp³-hybridized carbons (Fsp3) is 0.786. The summed E-state index contributed by atoms with van der Waals surface area (Å²) in [5.41, 5.74) is 0. The fourth-order valence-corrected chi connectivity index (χ4v) is 1.41. The molecule has 0 aromatic carbocycles. The molecule has 0 atom stereocenters. The van der Waals surface area contributed by atoms with Crippen molar-refractivity contribution in [2.45, 2.75) is 65.2 Å². The predicted molar refractivity (Wildman–Crippen MR) is 68.4 cm³/mol. The standard InChI is InChI=1S/C14H26O2/c1-3-5-6-7-8-9-10-11-13-16-14(15)12-4-2/h8-9H,3-7,10-13H2,1-2H3/b9-8-. The van der Waals surface area contributed by atoms with E-state index in [2.05, 4.69) is 19.1 Å². The van der Waals surface area contributed by atoms with E-state index in [-0.39, 0.29) is 5.97 Å². The average Bonchev–Trinajstić information content (AvgIpc) is 2.27. The number of carbonyl (C=O) groups is 1. The molecule has 0 aromatic heterocycles. The Hall–Kier alpha value is -0.790. The van der Waals surface area contributed by atoms with Crippen LogP contribution in [0.2, 0.25) is 0 Å². The molecule has 0 aliphatic heterocycles. The number of hydrogen-bond acceptors (Lipinski definition) is 2. The minimum absolute atomic E-state index is 0.0607. The fourth-order valence-electron chi connectivity index (χ4n) is 1.41. The predicted octanol–water partition coefficient (Wildman–Crippen LogP) is 4.25. The Morgan fingerprint density at radius 3 is 2.31 bits per heavy atom. The highest BCUT2D eigenvalue weighted by atomic mass is 16.5. The van der Waals surface area contributed by atoms with E-state index in [0.717, 1.165) is 19.3 Å². The van der Waals surface area contributed by atoms with Gasteiger partial charge in [-0.2, -0.15) is 0 Å². The quantitative estimate of drug-likeness (QED) is 0.316. The van der Waals surface area contributed by atoms with Gasteiger partial charge in [-0.15, -0.1) is 0 Å². The van der Waals surface area contributed by atoms with Crippen LogP contribution in [0, 0.1) is 0 Å². The molecule has 0 aromatic rings. The zero-order valence-corrected chi connectivity index (χ0v) is 10.8. The van der Waals surface area contributed by atoms with Crippen LogP contribution in [-0.4, -0.2) is 12.6 Å². The lowest BCUT2D eigenvalue weighted by atomic mass is 10.2. The molecule has 0 radical (unpaired) electrons. The SMILES string of the molecule is CCCCC/C=C\CCCOC(=O)CCC. The average molecular weight is 226 g/mol. The Morgan fingerprint density at radius 2 is 1.69 bits per heavy atom. The van der Waals surface area contributed by atoms with Gasteiger partial charge in [0.1, 0.15) is 0 Å². The van der Waals surface area contributed by atoms with Gasteiger partial charge in [0.25, 0.3) is 0 Å². The van der Waals surface area contributed by atoms with Crippen molar-refractivity contribution in [1.82, 2.24) is 0 Å². The highest BCUT2D eigenvalue weighted by Crippen LogP contribution is 2.01. The van der Waals surface area contributed by atoms with Gasteiger partial charge in [0.15, 0.2) is 0 Å². The lowest BCUT2D eigenvalue weighted by Gasteiger charge is -2.01. The topological polar surface area (TPSA) is 26.3 Å². The van der Waals surface area contributed by atoms with Crippen molar-refractivity contribution < 1.29 is 9.53 Å². The van der Waals surface area contributed by atoms with Crippen LogP contribution in [-0.2, 0) is 9.53 Å². The van der Waals surface area contributed by atoms with Gasteiger partial charge in [0.2, 0.25) is 0 Å². The molecule has 0 unspecified atom stereocenters. The minimum Gasteiger partial charge on any atom is -0.466 e. The van der Waals surface area contributed by atoms with Crippen LogP contribution < -0.4 is 0 Å². The molecule has 0 saturated heterocycles. The van der Waals surface area contributed by atoms with E-state index in [0.29, 0.717) is 13.0 Å². The van der Waals surface area contributed by atoms with Gasteiger partial charge < -0.3 is 4.74 Å². The molecule has 0 rings (SSSR count). The monoisotopic (exact) mass is 226 g/mol. The molecule has 0 saturated carbocycles. The maximum atomic E-state index is 11.0. The number of ether oxygens (including phenoxy) is 1. The van der Waals surface area contributed by atoms with Crippen LogP contribution in [0.4, 0.5) is 0 Å². The summed E-state index contributed by atoms with van der Waals surface area (Å²) in [5.74, 6) is -0.0607. The Kier molecular flexibility index (Phi) is 11.7. The zero-order valence-electron chi connectivity index (χ0n) is 10.8. The van der Waals surface area contributed by atoms with Gasteiger partial charge in [-0.05, 0) is 32.1 Å². The number of rotatable bonds is 10. The van der Waals surface area contributed by atoms with E-state index in [9.17, 15) is 4.79 Å². The van der Waals surface area contributed by atoms with Crippen molar-refractivity contribution >= 4 is 5.97 Å². The van der Waals surface area contributed by atoms with E-state index in [1.165, 1.54) is 25.7 Å². The summed E-state index contributed by atoms with van der Waals surface area (Å²) >= 11 is 0. The van der Waals surface area contributed by atoms with Gasteiger partial charge in [0, 0.05) is 6.42 Å². The molecule has 2 heteroatoms. The summed E-state index contributed by atoms with van der Waals surface area (Å²) in [6.07, 6.45) is 12.9. The van der Waals surface area contributed by atoms with Crippen molar-refractivity contribution in [1.29, 1.82) is 0 Å². The van der Waals surface area contributed by atoms with E-state index in [1.807, 2.05) is 6.92 Å². The van der Waals surface area contributed by atoms with E-state index in [1.54, 1.807) is 0 Å². The summed E-state index contributed by atoms with van der Waals surface area (Å²) in [7, 11) is 0. The van der Waals surface area contributed by atoms with Gasteiger partial charge in [0.05, 0.1) is 6.61 Å². The second-order valence-corrected chi connectivity index (χ2v) is 4.08. The maximum absolute atomic E-state index is 11.0. The van der Waals surface area contributed by atoms with Crippen LogP contribution in [0.25, 0.3) is 0 Å². The highest BCUT2D eigenvalue weighted by molar-refractivity contribution is 5.69. The Morgan fingerprint density at radius 1 is 1.00 bits per heavy atom. The second kappa shape index (κ2) is 12.3. The number of esters is 1. The van der Waals surface area contributed by atoms with Crippen LogP contribution in [0.15, 0.2) is 12.2 Å². The minimum atomic E-state index is -0.0607. The molecule has 0 aliphatic rings. The molecular formula is C14H26O2. The molecule has 94 valence electrons.